The van der Waals surface area contributed by atoms with Gasteiger partial charge in [0.1, 0.15) is 5.25 Å². The number of rotatable bonds is 7. The van der Waals surface area contributed by atoms with Crippen LogP contribution in [0.15, 0.2) is 53.7 Å². The van der Waals surface area contributed by atoms with Crippen LogP contribution in [-0.4, -0.2) is 37.8 Å². The molecule has 0 aliphatic heterocycles. The first-order valence-electron chi connectivity index (χ1n) is 9.05. The molecule has 0 spiro atoms. The Labute approximate surface area is 165 Å². The fraction of sp³-hybridized carbons (Fsp3) is 0.350. The van der Waals surface area contributed by atoms with Crippen LogP contribution in [0.3, 0.4) is 0 Å². The highest BCUT2D eigenvalue weighted by atomic mass is 32.2. The van der Waals surface area contributed by atoms with Crippen LogP contribution >= 0.6 is 0 Å². The lowest BCUT2D eigenvalue weighted by Gasteiger charge is -2.19. The molecule has 2 aromatic rings. The van der Waals surface area contributed by atoms with Crippen molar-refractivity contribution >= 4 is 21.7 Å². The van der Waals surface area contributed by atoms with Crippen molar-refractivity contribution in [2.45, 2.75) is 43.4 Å². The number of amides is 2. The number of pyridine rings is 1. The zero-order chi connectivity index (χ0) is 20.7. The molecular weight excluding hydrogens is 378 g/mol. The van der Waals surface area contributed by atoms with E-state index in [1.807, 2.05) is 13.8 Å². The highest BCUT2D eigenvalue weighted by Gasteiger charge is 2.30. The summed E-state index contributed by atoms with van der Waals surface area (Å²) in [4.78, 5) is 28.2. The van der Waals surface area contributed by atoms with Gasteiger partial charge in [-0.15, -0.1) is 0 Å². The van der Waals surface area contributed by atoms with Crippen molar-refractivity contribution in [3.63, 3.8) is 0 Å². The summed E-state index contributed by atoms with van der Waals surface area (Å²) in [6, 6.07) is 9.61. The predicted octanol–water partition coefficient (Wildman–Crippen LogP) is 1.94. The second-order valence-corrected chi connectivity index (χ2v) is 8.76. The third kappa shape index (κ3) is 5.39. The second-order valence-electron chi connectivity index (χ2n) is 6.63. The Balaban J connectivity index is 2.25. The molecule has 0 radical (unpaired) electrons. The highest BCUT2D eigenvalue weighted by Crippen LogP contribution is 2.28. The molecule has 0 unspecified atom stereocenters. The lowest BCUT2D eigenvalue weighted by molar-refractivity contribution is -0.139. The number of carbonyl (C=O) groups is 2. The number of nitrogens with zero attached hydrogens (tertiary/aromatic N) is 1. The van der Waals surface area contributed by atoms with Gasteiger partial charge in [-0.25, -0.2) is 8.42 Å². The van der Waals surface area contributed by atoms with E-state index in [1.54, 1.807) is 31.2 Å². The Kier molecular flexibility index (Phi) is 7.28. The molecule has 0 aliphatic carbocycles. The minimum absolute atomic E-state index is 0.144. The minimum atomic E-state index is -3.81. The molecule has 1 aromatic carbocycles. The van der Waals surface area contributed by atoms with Crippen molar-refractivity contribution in [3.05, 3.63) is 59.9 Å². The summed E-state index contributed by atoms with van der Waals surface area (Å²) >= 11 is 0. The monoisotopic (exact) mass is 403 g/mol. The molecule has 0 aliphatic rings. The number of nitrogens with one attached hydrogen (secondary N) is 2. The van der Waals surface area contributed by atoms with Gasteiger partial charge in [-0.05, 0) is 44.0 Å². The van der Waals surface area contributed by atoms with Crippen LogP contribution in [-0.2, 0) is 19.4 Å². The van der Waals surface area contributed by atoms with Gasteiger partial charge in [0.25, 0.3) is 0 Å². The van der Waals surface area contributed by atoms with E-state index < -0.39 is 26.9 Å². The molecule has 2 N–H and O–H groups in total. The van der Waals surface area contributed by atoms with Crippen molar-refractivity contribution in [2.24, 2.45) is 0 Å². The standard InChI is InChI=1S/C20H25N3O4S/c1-4-15(3)23-20(25)19(24)22-13-18(16-6-5-11-21-12-16)28(26,27)17-9-7-14(2)8-10-17/h5-12,15,18H,4,13H2,1-3H3,(H,22,24)(H,23,25)/t15-,18+/m0/s1. The summed E-state index contributed by atoms with van der Waals surface area (Å²) in [5.74, 6) is -1.65. The summed E-state index contributed by atoms with van der Waals surface area (Å²) < 4.78 is 26.3. The first-order valence-corrected chi connectivity index (χ1v) is 10.6. The molecule has 2 amide bonds. The summed E-state index contributed by atoms with van der Waals surface area (Å²) in [6.45, 7) is 5.29. The van der Waals surface area contributed by atoms with Gasteiger partial charge in [0, 0.05) is 25.0 Å². The first kappa shape index (κ1) is 21.6. The number of hydrogen-bond donors (Lipinski definition) is 2. The number of carbonyl (C=O) groups excluding carboxylic acids is 2. The van der Waals surface area contributed by atoms with E-state index in [0.29, 0.717) is 12.0 Å². The van der Waals surface area contributed by atoms with E-state index in [0.717, 1.165) is 5.56 Å². The Bertz CT molecular complexity index is 912. The van der Waals surface area contributed by atoms with E-state index >= 15 is 0 Å². The molecule has 150 valence electrons. The van der Waals surface area contributed by atoms with Crippen molar-refractivity contribution in [2.75, 3.05) is 6.54 Å². The van der Waals surface area contributed by atoms with Gasteiger partial charge in [-0.3, -0.25) is 14.6 Å². The zero-order valence-corrected chi connectivity index (χ0v) is 17.0. The molecule has 0 bridgehead atoms. The number of benzene rings is 1. The van der Waals surface area contributed by atoms with Gasteiger partial charge in [0.2, 0.25) is 0 Å². The van der Waals surface area contributed by atoms with E-state index in [1.165, 1.54) is 24.5 Å². The molecule has 2 atom stereocenters. The fourth-order valence-corrected chi connectivity index (χ4v) is 4.17. The van der Waals surface area contributed by atoms with Gasteiger partial charge < -0.3 is 10.6 Å². The van der Waals surface area contributed by atoms with Crippen molar-refractivity contribution in [1.29, 1.82) is 0 Å². The molecule has 7 nitrogen and oxygen atoms in total. The van der Waals surface area contributed by atoms with Crippen LogP contribution in [0.2, 0.25) is 0 Å². The van der Waals surface area contributed by atoms with E-state index in [-0.39, 0.29) is 17.5 Å². The average molecular weight is 404 g/mol. The van der Waals surface area contributed by atoms with Gasteiger partial charge in [0.05, 0.1) is 4.90 Å². The number of aromatic nitrogens is 1. The van der Waals surface area contributed by atoms with Crippen LogP contribution in [0.5, 0.6) is 0 Å². The van der Waals surface area contributed by atoms with E-state index in [9.17, 15) is 18.0 Å². The van der Waals surface area contributed by atoms with Gasteiger partial charge in [-0.2, -0.15) is 0 Å². The Morgan fingerprint density at radius 3 is 2.36 bits per heavy atom. The maximum absolute atomic E-state index is 13.2. The molecule has 1 heterocycles. The molecule has 28 heavy (non-hydrogen) atoms. The van der Waals surface area contributed by atoms with Crippen molar-refractivity contribution in [1.82, 2.24) is 15.6 Å². The van der Waals surface area contributed by atoms with Crippen LogP contribution in [0.1, 0.15) is 36.6 Å². The molecule has 2 rings (SSSR count). The third-order valence-electron chi connectivity index (χ3n) is 4.42. The normalized spacial score (nSPS) is 13.4. The van der Waals surface area contributed by atoms with Gasteiger partial charge in [-0.1, -0.05) is 30.7 Å². The maximum Gasteiger partial charge on any atom is 0.309 e. The van der Waals surface area contributed by atoms with Gasteiger partial charge >= 0.3 is 11.8 Å². The minimum Gasteiger partial charge on any atom is -0.346 e. The van der Waals surface area contributed by atoms with Crippen LogP contribution in [0, 0.1) is 6.92 Å². The molecule has 8 heteroatoms. The van der Waals surface area contributed by atoms with Crippen LogP contribution < -0.4 is 10.6 Å². The molecular formula is C20H25N3O4S. The summed E-state index contributed by atoms with van der Waals surface area (Å²) in [7, 11) is -3.81. The van der Waals surface area contributed by atoms with Crippen LogP contribution in [0.4, 0.5) is 0 Å². The van der Waals surface area contributed by atoms with E-state index in [4.69, 9.17) is 0 Å². The second kappa shape index (κ2) is 9.45. The lowest BCUT2D eigenvalue weighted by Crippen LogP contribution is -2.45. The third-order valence-corrected chi connectivity index (χ3v) is 6.54. The fourth-order valence-electron chi connectivity index (χ4n) is 2.52. The Morgan fingerprint density at radius 1 is 1.11 bits per heavy atom. The highest BCUT2D eigenvalue weighted by molar-refractivity contribution is 7.91. The topological polar surface area (TPSA) is 105 Å². The average Bonchev–Trinajstić information content (AvgIpc) is 2.68. The molecule has 0 fully saturated rings. The predicted molar refractivity (Wildman–Crippen MR) is 106 cm³/mol. The number of sulfone groups is 1. The summed E-state index contributed by atoms with van der Waals surface area (Å²) in [5, 5.41) is 3.93. The molecule has 0 saturated carbocycles. The Morgan fingerprint density at radius 2 is 1.79 bits per heavy atom. The SMILES string of the molecule is CC[C@H](C)NC(=O)C(=O)NC[C@H](c1cccnc1)S(=O)(=O)c1ccc(C)cc1. The zero-order valence-electron chi connectivity index (χ0n) is 16.2. The van der Waals surface area contributed by atoms with Gasteiger partial charge in [0.15, 0.2) is 9.84 Å². The molecule has 1 aromatic heterocycles. The largest absolute Gasteiger partial charge is 0.346 e. The Hall–Kier alpha value is -2.74. The smallest absolute Gasteiger partial charge is 0.309 e. The molecule has 0 saturated heterocycles. The summed E-state index contributed by atoms with van der Waals surface area (Å²) in [5.41, 5.74) is 1.37. The van der Waals surface area contributed by atoms with E-state index in [2.05, 4.69) is 15.6 Å². The van der Waals surface area contributed by atoms with Crippen LogP contribution in [0.25, 0.3) is 0 Å². The van der Waals surface area contributed by atoms with Crippen molar-refractivity contribution in [3.8, 4) is 0 Å². The quantitative estimate of drug-likeness (QED) is 0.688. The van der Waals surface area contributed by atoms with Crippen molar-refractivity contribution < 1.29 is 18.0 Å². The summed E-state index contributed by atoms with van der Waals surface area (Å²) in [6.07, 6.45) is 3.66. The number of hydrogen-bond acceptors (Lipinski definition) is 5. The lowest BCUT2D eigenvalue weighted by atomic mass is 10.2. The first-order chi connectivity index (χ1) is 13.3. The maximum atomic E-state index is 13.2. The number of aryl methyl sites for hydroxylation is 1.